The van der Waals surface area contributed by atoms with Crippen LogP contribution in [0.1, 0.15) is 49.7 Å². The molecule has 3 aromatic carbocycles. The van der Waals surface area contributed by atoms with E-state index < -0.39 is 0 Å². The number of fused-ring (bicyclic) bond motifs is 1. The van der Waals surface area contributed by atoms with Crippen molar-refractivity contribution in [2.24, 2.45) is 0 Å². The molecular weight excluding hydrogens is 422 g/mol. The van der Waals surface area contributed by atoms with Gasteiger partial charge in [-0.25, -0.2) is 4.98 Å². The topological polar surface area (TPSA) is 55.2 Å². The van der Waals surface area contributed by atoms with E-state index in [1.54, 1.807) is 10.6 Å². The van der Waals surface area contributed by atoms with Crippen molar-refractivity contribution in [1.29, 1.82) is 0 Å². The van der Waals surface area contributed by atoms with E-state index in [1.807, 2.05) is 86.3 Å². The molecule has 0 bridgehead atoms. The van der Waals surface area contributed by atoms with Gasteiger partial charge in [0.25, 0.3) is 5.56 Å². The van der Waals surface area contributed by atoms with Gasteiger partial charge in [0.15, 0.2) is 0 Å². The highest BCUT2D eigenvalue weighted by Gasteiger charge is 2.26. The zero-order chi connectivity index (χ0) is 24.1. The van der Waals surface area contributed by atoms with Crippen molar-refractivity contribution < 1.29 is 4.79 Å². The average molecular weight is 454 g/mol. The zero-order valence-electron chi connectivity index (χ0n) is 20.1. The maximum absolute atomic E-state index is 13.7. The first-order valence-electron chi connectivity index (χ1n) is 11.9. The Kier molecular flexibility index (Phi) is 7.21. The molecule has 5 heteroatoms. The van der Waals surface area contributed by atoms with Gasteiger partial charge in [-0.15, -0.1) is 0 Å². The van der Waals surface area contributed by atoms with Crippen LogP contribution in [0.3, 0.4) is 0 Å². The Morgan fingerprint density at radius 3 is 2.47 bits per heavy atom. The van der Waals surface area contributed by atoms with Crippen LogP contribution >= 0.6 is 0 Å². The van der Waals surface area contributed by atoms with Crippen LogP contribution in [-0.4, -0.2) is 26.9 Å². The summed E-state index contributed by atoms with van der Waals surface area (Å²) < 4.78 is 1.68. The summed E-state index contributed by atoms with van der Waals surface area (Å²) >= 11 is 0. The van der Waals surface area contributed by atoms with Crippen LogP contribution in [-0.2, 0) is 11.2 Å². The molecule has 174 valence electrons. The fraction of sp³-hybridized carbons (Fsp3) is 0.276. The standard InChI is InChI=1S/C29H31N3O2/c1-4-11-27(33)31(19-18-23-13-6-5-7-14-23)22(3)28-30-26-17-9-8-16-25(26)29(34)32(28)24-15-10-12-21(2)20-24/h5-10,12-17,20,22H,4,11,18-19H2,1-3H3. The smallest absolute Gasteiger partial charge is 0.266 e. The quantitative estimate of drug-likeness (QED) is 0.348. The van der Waals surface area contributed by atoms with Gasteiger partial charge in [0.1, 0.15) is 5.82 Å². The van der Waals surface area contributed by atoms with Crippen LogP contribution in [0, 0.1) is 6.92 Å². The number of hydrogen-bond acceptors (Lipinski definition) is 3. The van der Waals surface area contributed by atoms with Gasteiger partial charge in [-0.2, -0.15) is 0 Å². The van der Waals surface area contributed by atoms with Crippen LogP contribution in [0.2, 0.25) is 0 Å². The molecule has 0 spiro atoms. The number of hydrogen-bond donors (Lipinski definition) is 0. The minimum Gasteiger partial charge on any atom is -0.332 e. The van der Waals surface area contributed by atoms with Crippen molar-refractivity contribution in [2.75, 3.05) is 6.54 Å². The first kappa shape index (κ1) is 23.4. The summed E-state index contributed by atoms with van der Waals surface area (Å²) in [5.74, 6) is 0.649. The Morgan fingerprint density at radius 2 is 1.74 bits per heavy atom. The van der Waals surface area contributed by atoms with E-state index in [4.69, 9.17) is 4.98 Å². The van der Waals surface area contributed by atoms with Crippen molar-refractivity contribution in [3.63, 3.8) is 0 Å². The molecule has 0 radical (unpaired) electrons. The minimum absolute atomic E-state index is 0.0733. The molecule has 0 aliphatic heterocycles. The molecule has 0 N–H and O–H groups in total. The van der Waals surface area contributed by atoms with Gasteiger partial charge >= 0.3 is 0 Å². The lowest BCUT2D eigenvalue weighted by atomic mass is 10.1. The van der Waals surface area contributed by atoms with Crippen molar-refractivity contribution in [3.05, 3.63) is 106 Å². The van der Waals surface area contributed by atoms with E-state index in [9.17, 15) is 9.59 Å². The Hall–Kier alpha value is -3.73. The van der Waals surface area contributed by atoms with E-state index in [2.05, 4.69) is 12.1 Å². The van der Waals surface area contributed by atoms with Crippen molar-refractivity contribution in [1.82, 2.24) is 14.5 Å². The average Bonchev–Trinajstić information content (AvgIpc) is 2.85. The van der Waals surface area contributed by atoms with Gasteiger partial charge < -0.3 is 4.90 Å². The van der Waals surface area contributed by atoms with Gasteiger partial charge in [0.2, 0.25) is 5.91 Å². The number of benzene rings is 3. The van der Waals surface area contributed by atoms with Crippen LogP contribution in [0.4, 0.5) is 0 Å². The number of aromatic nitrogens is 2. The third kappa shape index (κ3) is 4.93. The fourth-order valence-corrected chi connectivity index (χ4v) is 4.37. The van der Waals surface area contributed by atoms with Gasteiger partial charge in [-0.05, 0) is 62.1 Å². The van der Waals surface area contributed by atoms with Crippen molar-refractivity contribution in [2.45, 2.75) is 46.1 Å². The Bertz CT molecular complexity index is 1340. The van der Waals surface area contributed by atoms with E-state index >= 15 is 0 Å². The maximum Gasteiger partial charge on any atom is 0.266 e. The molecule has 1 atom stereocenters. The summed E-state index contributed by atoms with van der Waals surface area (Å²) in [5.41, 5.74) is 3.51. The summed E-state index contributed by atoms with van der Waals surface area (Å²) in [6.45, 7) is 6.54. The second-order valence-electron chi connectivity index (χ2n) is 8.72. The third-order valence-corrected chi connectivity index (χ3v) is 6.17. The Balaban J connectivity index is 1.83. The van der Waals surface area contributed by atoms with E-state index in [0.29, 0.717) is 29.7 Å². The van der Waals surface area contributed by atoms with Gasteiger partial charge in [-0.1, -0.05) is 61.5 Å². The highest BCUT2D eigenvalue weighted by atomic mass is 16.2. The van der Waals surface area contributed by atoms with Crippen molar-refractivity contribution >= 4 is 16.8 Å². The maximum atomic E-state index is 13.7. The lowest BCUT2D eigenvalue weighted by Gasteiger charge is -2.31. The van der Waals surface area contributed by atoms with Gasteiger partial charge in [-0.3, -0.25) is 14.2 Å². The molecule has 4 aromatic rings. The molecule has 0 aliphatic carbocycles. The van der Waals surface area contributed by atoms with Gasteiger partial charge in [0, 0.05) is 13.0 Å². The summed E-state index contributed by atoms with van der Waals surface area (Å²) in [4.78, 5) is 33.7. The highest BCUT2D eigenvalue weighted by molar-refractivity contribution is 5.79. The largest absolute Gasteiger partial charge is 0.332 e. The molecule has 0 fully saturated rings. The summed E-state index contributed by atoms with van der Waals surface area (Å²) in [6, 6.07) is 25.0. The Labute approximate surface area is 200 Å². The lowest BCUT2D eigenvalue weighted by molar-refractivity contribution is -0.133. The normalized spacial score (nSPS) is 12.0. The molecule has 1 unspecified atom stereocenters. The van der Waals surface area contributed by atoms with Crippen LogP contribution in [0.5, 0.6) is 0 Å². The number of rotatable bonds is 8. The number of amides is 1. The minimum atomic E-state index is -0.374. The molecule has 0 aliphatic rings. The SMILES string of the molecule is CCCC(=O)N(CCc1ccccc1)C(C)c1nc2ccccc2c(=O)n1-c1cccc(C)c1. The highest BCUT2D eigenvalue weighted by Crippen LogP contribution is 2.24. The first-order valence-corrected chi connectivity index (χ1v) is 11.9. The number of carbonyl (C=O) groups excluding carboxylic acids is 1. The number of nitrogens with zero attached hydrogens (tertiary/aromatic N) is 3. The molecule has 0 saturated heterocycles. The predicted octanol–water partition coefficient (Wildman–Crippen LogP) is 5.63. The van der Waals surface area contributed by atoms with E-state index in [1.165, 1.54) is 5.56 Å². The Morgan fingerprint density at radius 1 is 1.00 bits per heavy atom. The molecule has 4 rings (SSSR count). The number of aryl methyl sites for hydroxylation is 1. The molecule has 34 heavy (non-hydrogen) atoms. The van der Waals surface area contributed by atoms with Crippen LogP contribution in [0.15, 0.2) is 83.7 Å². The molecule has 1 heterocycles. The van der Waals surface area contributed by atoms with Crippen LogP contribution in [0.25, 0.3) is 16.6 Å². The predicted molar refractivity (Wildman–Crippen MR) is 137 cm³/mol. The fourth-order valence-electron chi connectivity index (χ4n) is 4.37. The number of para-hydroxylation sites is 1. The molecule has 0 saturated carbocycles. The zero-order valence-corrected chi connectivity index (χ0v) is 20.1. The molecule has 5 nitrogen and oxygen atoms in total. The second-order valence-corrected chi connectivity index (χ2v) is 8.72. The number of carbonyl (C=O) groups is 1. The molecular formula is C29H31N3O2. The summed E-state index contributed by atoms with van der Waals surface area (Å²) in [7, 11) is 0. The van der Waals surface area contributed by atoms with Crippen molar-refractivity contribution in [3.8, 4) is 5.69 Å². The van der Waals surface area contributed by atoms with E-state index in [0.717, 1.165) is 24.1 Å². The first-order chi connectivity index (χ1) is 16.5. The molecule has 1 amide bonds. The third-order valence-electron chi connectivity index (χ3n) is 6.17. The molecule has 1 aromatic heterocycles. The monoisotopic (exact) mass is 453 g/mol. The van der Waals surface area contributed by atoms with Crippen LogP contribution < -0.4 is 5.56 Å². The summed E-state index contributed by atoms with van der Waals surface area (Å²) in [5, 5.41) is 0.565. The van der Waals surface area contributed by atoms with Gasteiger partial charge in [0.05, 0.1) is 22.6 Å². The lowest BCUT2D eigenvalue weighted by Crippen LogP contribution is -2.38. The second kappa shape index (κ2) is 10.5. The summed E-state index contributed by atoms with van der Waals surface area (Å²) in [6.07, 6.45) is 1.97. The van der Waals surface area contributed by atoms with E-state index in [-0.39, 0.29) is 17.5 Å².